The summed E-state index contributed by atoms with van der Waals surface area (Å²) in [6.45, 7) is 0. The molecule has 0 radical (unpaired) electrons. The van der Waals surface area contributed by atoms with Gasteiger partial charge >= 0.3 is 0 Å². The molecular formula is C64H30N6O3. The molecule has 0 saturated heterocycles. The number of para-hydroxylation sites is 3. The van der Waals surface area contributed by atoms with Gasteiger partial charge in [0.1, 0.15) is 45.6 Å². The molecule has 0 atom stereocenters. The summed E-state index contributed by atoms with van der Waals surface area (Å²) in [6, 6.07) is 69.1. The van der Waals surface area contributed by atoms with Crippen LogP contribution < -0.4 is 0 Å². The van der Waals surface area contributed by atoms with Crippen LogP contribution in [0.1, 0.15) is 22.3 Å². The van der Waals surface area contributed by atoms with Crippen LogP contribution in [0.15, 0.2) is 195 Å². The molecule has 0 aliphatic rings. The molecule has 0 fully saturated rings. The number of benzene rings is 10. The van der Waals surface area contributed by atoms with Gasteiger partial charge in [-0.25, -0.2) is 0 Å². The summed E-state index contributed by atoms with van der Waals surface area (Å²) in [7, 11) is 0. The minimum Gasteiger partial charge on any atom is -0.456 e. The lowest BCUT2D eigenvalue weighted by atomic mass is 9.95. The maximum Gasteiger partial charge on any atom is 0.145 e. The van der Waals surface area contributed by atoms with Crippen LogP contribution in [0.5, 0.6) is 0 Å². The fourth-order valence-corrected chi connectivity index (χ4v) is 11.4. The Kier molecular flexibility index (Phi) is 8.15. The SMILES string of the molecule is N#Cc1ccc(C#N)c(-n2c3ccccc3c3c4oc5cc(-c6cc(C#N)cc(-n7c8ccc(-c9ccc%10c(c9)oc9ccccc9%10)cc8c8c9oc%10ccccc%10c9ccc87)c6C#N)ccc5c4ccc32)c1. The van der Waals surface area contributed by atoms with Gasteiger partial charge in [-0.1, -0.05) is 72.8 Å². The zero-order chi connectivity index (χ0) is 48.6. The van der Waals surface area contributed by atoms with E-state index in [4.69, 9.17) is 13.3 Å². The molecule has 10 aromatic carbocycles. The minimum atomic E-state index is 0.385. The molecule has 15 aromatic rings. The Hall–Kier alpha value is -10.8. The summed E-state index contributed by atoms with van der Waals surface area (Å²) >= 11 is 0. The van der Waals surface area contributed by atoms with Gasteiger partial charge in [0, 0.05) is 48.7 Å². The minimum absolute atomic E-state index is 0.385. The lowest BCUT2D eigenvalue weighted by Crippen LogP contribution is -2.01. The van der Waals surface area contributed by atoms with Crippen LogP contribution in [0.25, 0.3) is 143 Å². The Morgan fingerprint density at radius 2 is 0.849 bits per heavy atom. The first-order valence-corrected chi connectivity index (χ1v) is 23.6. The molecule has 15 rings (SSSR count). The Labute approximate surface area is 413 Å². The molecule has 9 heteroatoms. The molecule has 0 bridgehead atoms. The van der Waals surface area contributed by atoms with Crippen molar-refractivity contribution >= 4 is 109 Å². The van der Waals surface area contributed by atoms with Gasteiger partial charge in [-0.2, -0.15) is 21.0 Å². The second-order valence-electron chi connectivity index (χ2n) is 18.4. The second kappa shape index (κ2) is 14.8. The van der Waals surface area contributed by atoms with Gasteiger partial charge in [0.05, 0.1) is 78.6 Å². The van der Waals surface area contributed by atoms with Crippen molar-refractivity contribution in [3.8, 4) is 57.9 Å². The van der Waals surface area contributed by atoms with E-state index in [1.807, 2.05) is 95.6 Å². The van der Waals surface area contributed by atoms with Crippen molar-refractivity contribution in [3.63, 3.8) is 0 Å². The maximum absolute atomic E-state index is 11.3. The summed E-state index contributed by atoms with van der Waals surface area (Å²) in [5.74, 6) is 0. The van der Waals surface area contributed by atoms with E-state index in [1.54, 1.807) is 30.3 Å². The number of aromatic nitrogens is 2. The van der Waals surface area contributed by atoms with Crippen LogP contribution in [-0.2, 0) is 0 Å². The lowest BCUT2D eigenvalue weighted by molar-refractivity contribution is 0.669. The fraction of sp³-hybridized carbons (Fsp3) is 0. The number of nitrogens with zero attached hydrogens (tertiary/aromatic N) is 6. The molecule has 0 aliphatic heterocycles. The summed E-state index contributed by atoms with van der Waals surface area (Å²) in [5.41, 5.74) is 13.8. The molecule has 0 spiro atoms. The van der Waals surface area contributed by atoms with E-state index in [9.17, 15) is 21.0 Å². The van der Waals surface area contributed by atoms with E-state index >= 15 is 0 Å². The first kappa shape index (κ1) is 40.1. The highest BCUT2D eigenvalue weighted by Gasteiger charge is 2.25. The van der Waals surface area contributed by atoms with Crippen molar-refractivity contribution in [2.45, 2.75) is 0 Å². The van der Waals surface area contributed by atoms with E-state index in [0.717, 1.165) is 109 Å². The van der Waals surface area contributed by atoms with Crippen molar-refractivity contribution in [2.75, 3.05) is 0 Å². The van der Waals surface area contributed by atoms with Crippen molar-refractivity contribution in [1.82, 2.24) is 9.13 Å². The van der Waals surface area contributed by atoms with E-state index in [1.165, 1.54) is 0 Å². The number of hydrogen-bond donors (Lipinski definition) is 0. The van der Waals surface area contributed by atoms with Crippen LogP contribution in [-0.4, -0.2) is 9.13 Å². The van der Waals surface area contributed by atoms with E-state index in [-0.39, 0.29) is 0 Å². The topological polar surface area (TPSA) is 144 Å². The first-order chi connectivity index (χ1) is 36.0. The van der Waals surface area contributed by atoms with E-state index in [2.05, 4.69) is 89.5 Å². The molecule has 0 unspecified atom stereocenters. The molecule has 0 saturated carbocycles. The molecule has 9 nitrogen and oxygen atoms in total. The van der Waals surface area contributed by atoms with Gasteiger partial charge in [-0.05, 0) is 126 Å². The van der Waals surface area contributed by atoms with Crippen LogP contribution in [0.2, 0.25) is 0 Å². The average Bonchev–Trinajstić information content (AvgIpc) is 4.29. The summed E-state index contributed by atoms with van der Waals surface area (Å²) in [6.07, 6.45) is 0. The molecule has 73 heavy (non-hydrogen) atoms. The van der Waals surface area contributed by atoms with Gasteiger partial charge < -0.3 is 22.4 Å². The predicted molar refractivity (Wildman–Crippen MR) is 287 cm³/mol. The molecule has 5 aromatic heterocycles. The van der Waals surface area contributed by atoms with Crippen molar-refractivity contribution in [3.05, 3.63) is 204 Å². The predicted octanol–water partition coefficient (Wildman–Crippen LogP) is 16.4. The van der Waals surface area contributed by atoms with Gasteiger partial charge in [0.15, 0.2) is 0 Å². The van der Waals surface area contributed by atoms with Crippen LogP contribution in [0, 0.1) is 45.3 Å². The number of furan rings is 3. The molecular weight excluding hydrogens is 901 g/mol. The van der Waals surface area contributed by atoms with Gasteiger partial charge in [-0.15, -0.1) is 0 Å². The van der Waals surface area contributed by atoms with Crippen molar-refractivity contribution < 1.29 is 13.3 Å². The highest BCUT2D eigenvalue weighted by molar-refractivity contribution is 6.26. The van der Waals surface area contributed by atoms with E-state index in [0.29, 0.717) is 55.9 Å². The fourth-order valence-electron chi connectivity index (χ4n) is 11.4. The summed E-state index contributed by atoms with van der Waals surface area (Å²) < 4.78 is 24.0. The largest absolute Gasteiger partial charge is 0.456 e. The van der Waals surface area contributed by atoms with Gasteiger partial charge in [0.25, 0.3) is 0 Å². The van der Waals surface area contributed by atoms with Crippen LogP contribution >= 0.6 is 0 Å². The van der Waals surface area contributed by atoms with Crippen LogP contribution in [0.4, 0.5) is 0 Å². The number of hydrogen-bond acceptors (Lipinski definition) is 7. The number of rotatable bonds is 4. The molecule has 0 N–H and O–H groups in total. The lowest BCUT2D eigenvalue weighted by Gasteiger charge is -2.15. The normalized spacial score (nSPS) is 11.8. The Balaban J connectivity index is 0.946. The quantitative estimate of drug-likeness (QED) is 0.171. The number of nitriles is 4. The maximum atomic E-state index is 11.3. The zero-order valence-corrected chi connectivity index (χ0v) is 38.2. The number of fused-ring (bicyclic) bond motifs is 17. The standard InChI is InChI=1S/C64H30N6O3/c65-31-35-13-14-40(33-67)55(26-35)69-51-10-4-1-9-47(51)61-53(69)23-21-46-44-19-16-39(30-60(44)73-63(46)61)48-25-36(32-66)27-56(50(48)34-68)70-52-22-17-37(38-15-18-43-41-7-2-5-11-57(41)71-59(43)29-38)28-49(52)62-54(70)24-20-45-42-8-3-6-12-58(42)72-64(45)62/h1-30H. The smallest absolute Gasteiger partial charge is 0.145 e. The van der Waals surface area contributed by atoms with Crippen LogP contribution in [0.3, 0.4) is 0 Å². The monoisotopic (exact) mass is 930 g/mol. The molecule has 334 valence electrons. The molecule has 0 amide bonds. The Bertz CT molecular complexity index is 5160. The summed E-state index contributed by atoms with van der Waals surface area (Å²) in [5, 5.41) is 51.6. The Morgan fingerprint density at radius 3 is 1.59 bits per heavy atom. The highest BCUT2D eigenvalue weighted by atomic mass is 16.3. The molecule has 5 heterocycles. The van der Waals surface area contributed by atoms with Gasteiger partial charge in [0.2, 0.25) is 0 Å². The third kappa shape index (κ3) is 5.56. The summed E-state index contributed by atoms with van der Waals surface area (Å²) in [4.78, 5) is 0. The third-order valence-electron chi connectivity index (χ3n) is 14.7. The van der Waals surface area contributed by atoms with E-state index < -0.39 is 0 Å². The zero-order valence-electron chi connectivity index (χ0n) is 38.2. The molecule has 0 aliphatic carbocycles. The third-order valence-corrected chi connectivity index (χ3v) is 14.7. The van der Waals surface area contributed by atoms with Gasteiger partial charge in [-0.3, -0.25) is 0 Å². The average molecular weight is 931 g/mol. The van der Waals surface area contributed by atoms with Crippen molar-refractivity contribution in [1.29, 1.82) is 21.0 Å². The highest BCUT2D eigenvalue weighted by Crippen LogP contribution is 2.46. The second-order valence-corrected chi connectivity index (χ2v) is 18.4. The Morgan fingerprint density at radius 1 is 0.329 bits per heavy atom. The van der Waals surface area contributed by atoms with Crippen molar-refractivity contribution in [2.24, 2.45) is 0 Å². The first-order valence-electron chi connectivity index (χ1n) is 23.6.